The SMILES string of the molecule is CNC(=O)c1cc(NC(C)CCCC(C)C)ccn1. The van der Waals surface area contributed by atoms with E-state index in [4.69, 9.17) is 0 Å². The highest BCUT2D eigenvalue weighted by atomic mass is 16.1. The summed E-state index contributed by atoms with van der Waals surface area (Å²) in [7, 11) is 1.61. The Morgan fingerprint density at radius 2 is 2.05 bits per heavy atom. The fourth-order valence-corrected chi connectivity index (χ4v) is 1.96. The fraction of sp³-hybridized carbons (Fsp3) is 0.600. The first-order valence-corrected chi connectivity index (χ1v) is 6.97. The van der Waals surface area contributed by atoms with Crippen LogP contribution in [0.3, 0.4) is 0 Å². The van der Waals surface area contributed by atoms with Gasteiger partial charge >= 0.3 is 0 Å². The number of amides is 1. The summed E-state index contributed by atoms with van der Waals surface area (Å²) in [5, 5.41) is 5.99. The van der Waals surface area contributed by atoms with Crippen LogP contribution in [0.15, 0.2) is 18.3 Å². The minimum atomic E-state index is -0.156. The third-order valence-electron chi connectivity index (χ3n) is 3.05. The van der Waals surface area contributed by atoms with Crippen LogP contribution in [-0.4, -0.2) is 24.0 Å². The van der Waals surface area contributed by atoms with Gasteiger partial charge in [-0.05, 0) is 31.4 Å². The second kappa shape index (κ2) is 7.77. The summed E-state index contributed by atoms with van der Waals surface area (Å²) in [5.41, 5.74) is 1.40. The summed E-state index contributed by atoms with van der Waals surface area (Å²) < 4.78 is 0. The summed E-state index contributed by atoms with van der Waals surface area (Å²) in [6, 6.07) is 4.09. The van der Waals surface area contributed by atoms with E-state index in [0.29, 0.717) is 11.7 Å². The van der Waals surface area contributed by atoms with Gasteiger partial charge in [0.05, 0.1) is 0 Å². The van der Waals surface area contributed by atoms with Gasteiger partial charge in [-0.15, -0.1) is 0 Å². The van der Waals surface area contributed by atoms with Gasteiger partial charge < -0.3 is 10.6 Å². The molecule has 0 saturated heterocycles. The van der Waals surface area contributed by atoms with Gasteiger partial charge in [0.25, 0.3) is 5.91 Å². The van der Waals surface area contributed by atoms with Crippen LogP contribution in [-0.2, 0) is 0 Å². The zero-order valence-electron chi connectivity index (χ0n) is 12.4. The van der Waals surface area contributed by atoms with Crippen molar-refractivity contribution in [3.63, 3.8) is 0 Å². The summed E-state index contributed by atoms with van der Waals surface area (Å²) in [6.45, 7) is 6.66. The largest absolute Gasteiger partial charge is 0.382 e. The van der Waals surface area contributed by atoms with E-state index in [-0.39, 0.29) is 5.91 Å². The van der Waals surface area contributed by atoms with Crippen LogP contribution in [0.4, 0.5) is 5.69 Å². The first kappa shape index (κ1) is 15.5. The Hall–Kier alpha value is -1.58. The molecule has 1 rings (SSSR count). The first-order chi connectivity index (χ1) is 9.02. The lowest BCUT2D eigenvalue weighted by Crippen LogP contribution is -2.20. The molecule has 0 aliphatic heterocycles. The maximum Gasteiger partial charge on any atom is 0.269 e. The van der Waals surface area contributed by atoms with Crippen molar-refractivity contribution in [2.45, 2.75) is 46.1 Å². The van der Waals surface area contributed by atoms with Gasteiger partial charge in [-0.2, -0.15) is 0 Å². The molecule has 0 aromatic carbocycles. The summed E-state index contributed by atoms with van der Waals surface area (Å²) >= 11 is 0. The predicted molar refractivity (Wildman–Crippen MR) is 79.4 cm³/mol. The maximum absolute atomic E-state index is 11.5. The average Bonchev–Trinajstić information content (AvgIpc) is 2.37. The molecule has 0 radical (unpaired) electrons. The number of aromatic nitrogens is 1. The van der Waals surface area contributed by atoms with Crippen molar-refractivity contribution >= 4 is 11.6 Å². The van der Waals surface area contributed by atoms with E-state index in [1.54, 1.807) is 19.3 Å². The van der Waals surface area contributed by atoms with E-state index in [9.17, 15) is 4.79 Å². The molecular formula is C15H25N3O. The summed E-state index contributed by atoms with van der Waals surface area (Å²) in [5.74, 6) is 0.601. The number of anilines is 1. The quantitative estimate of drug-likeness (QED) is 0.795. The zero-order valence-corrected chi connectivity index (χ0v) is 12.4. The molecule has 1 aromatic rings. The summed E-state index contributed by atoms with van der Waals surface area (Å²) in [4.78, 5) is 15.5. The third-order valence-corrected chi connectivity index (χ3v) is 3.05. The molecule has 0 spiro atoms. The van der Waals surface area contributed by atoms with E-state index < -0.39 is 0 Å². The average molecular weight is 263 g/mol. The van der Waals surface area contributed by atoms with Gasteiger partial charge in [-0.1, -0.05) is 26.7 Å². The molecule has 0 bridgehead atoms. The molecule has 0 aliphatic carbocycles. The van der Waals surface area contributed by atoms with Gasteiger partial charge in [0.15, 0.2) is 0 Å². The highest BCUT2D eigenvalue weighted by molar-refractivity contribution is 5.92. The topological polar surface area (TPSA) is 54.0 Å². The Kier molecular flexibility index (Phi) is 6.33. The van der Waals surface area contributed by atoms with Crippen molar-refractivity contribution in [1.82, 2.24) is 10.3 Å². The smallest absolute Gasteiger partial charge is 0.269 e. The van der Waals surface area contributed by atoms with Gasteiger partial charge in [0.1, 0.15) is 5.69 Å². The Bertz CT molecular complexity index is 404. The van der Waals surface area contributed by atoms with Crippen LogP contribution >= 0.6 is 0 Å². The van der Waals surface area contributed by atoms with Crippen LogP contribution in [0.2, 0.25) is 0 Å². The lowest BCUT2D eigenvalue weighted by molar-refractivity contribution is 0.0958. The minimum Gasteiger partial charge on any atom is -0.382 e. The van der Waals surface area contributed by atoms with Gasteiger partial charge in [0, 0.05) is 25.0 Å². The molecular weight excluding hydrogens is 238 g/mol. The molecule has 19 heavy (non-hydrogen) atoms. The molecule has 1 aromatic heterocycles. The summed E-state index contributed by atoms with van der Waals surface area (Å²) in [6.07, 6.45) is 5.27. The highest BCUT2D eigenvalue weighted by Crippen LogP contribution is 2.14. The van der Waals surface area contributed by atoms with Crippen molar-refractivity contribution in [2.24, 2.45) is 5.92 Å². The number of carbonyl (C=O) groups excluding carboxylic acids is 1. The Labute approximate surface area is 116 Å². The Morgan fingerprint density at radius 1 is 1.32 bits per heavy atom. The van der Waals surface area contributed by atoms with Gasteiger partial charge in [-0.25, -0.2) is 0 Å². The molecule has 0 fully saturated rings. The lowest BCUT2D eigenvalue weighted by atomic mass is 10.0. The molecule has 2 N–H and O–H groups in total. The second-order valence-corrected chi connectivity index (χ2v) is 5.38. The number of rotatable bonds is 7. The number of nitrogens with one attached hydrogen (secondary N) is 2. The molecule has 106 valence electrons. The van der Waals surface area contributed by atoms with Crippen LogP contribution in [0.5, 0.6) is 0 Å². The normalized spacial score (nSPS) is 12.3. The van der Waals surface area contributed by atoms with Gasteiger partial charge in [0.2, 0.25) is 0 Å². The first-order valence-electron chi connectivity index (χ1n) is 6.97. The van der Waals surface area contributed by atoms with Gasteiger partial charge in [-0.3, -0.25) is 9.78 Å². The van der Waals surface area contributed by atoms with Crippen molar-refractivity contribution in [3.05, 3.63) is 24.0 Å². The number of hydrogen-bond acceptors (Lipinski definition) is 3. The minimum absolute atomic E-state index is 0.156. The second-order valence-electron chi connectivity index (χ2n) is 5.38. The van der Waals surface area contributed by atoms with E-state index in [1.165, 1.54) is 12.8 Å². The third kappa shape index (κ3) is 5.73. The fourth-order valence-electron chi connectivity index (χ4n) is 1.96. The van der Waals surface area contributed by atoms with Crippen LogP contribution in [0, 0.1) is 5.92 Å². The standard InChI is InChI=1S/C15H25N3O/c1-11(2)6-5-7-12(3)18-13-8-9-17-14(10-13)15(19)16-4/h8-12H,5-7H2,1-4H3,(H,16,19)(H,17,18). The molecule has 1 amide bonds. The van der Waals surface area contributed by atoms with Crippen LogP contribution in [0.25, 0.3) is 0 Å². The Balaban J connectivity index is 2.50. The number of carbonyl (C=O) groups is 1. The van der Waals surface area contributed by atoms with E-state index >= 15 is 0 Å². The zero-order chi connectivity index (χ0) is 14.3. The maximum atomic E-state index is 11.5. The molecule has 0 aliphatic rings. The van der Waals surface area contributed by atoms with Crippen molar-refractivity contribution < 1.29 is 4.79 Å². The van der Waals surface area contributed by atoms with Crippen LogP contribution in [0.1, 0.15) is 50.5 Å². The molecule has 1 atom stereocenters. The van der Waals surface area contributed by atoms with E-state index in [0.717, 1.165) is 18.0 Å². The number of nitrogens with zero attached hydrogens (tertiary/aromatic N) is 1. The van der Waals surface area contributed by atoms with Crippen molar-refractivity contribution in [3.8, 4) is 0 Å². The molecule has 4 nitrogen and oxygen atoms in total. The number of hydrogen-bond donors (Lipinski definition) is 2. The number of pyridine rings is 1. The monoisotopic (exact) mass is 263 g/mol. The predicted octanol–water partition coefficient (Wildman–Crippen LogP) is 3.07. The highest BCUT2D eigenvalue weighted by Gasteiger charge is 2.07. The molecule has 1 unspecified atom stereocenters. The van der Waals surface area contributed by atoms with E-state index in [2.05, 4.69) is 36.4 Å². The molecule has 1 heterocycles. The van der Waals surface area contributed by atoms with Crippen LogP contribution < -0.4 is 10.6 Å². The van der Waals surface area contributed by atoms with Crippen molar-refractivity contribution in [1.29, 1.82) is 0 Å². The molecule has 4 heteroatoms. The molecule has 0 saturated carbocycles. The lowest BCUT2D eigenvalue weighted by Gasteiger charge is -2.16. The Morgan fingerprint density at radius 3 is 2.68 bits per heavy atom. The van der Waals surface area contributed by atoms with E-state index in [1.807, 2.05) is 6.07 Å². The van der Waals surface area contributed by atoms with Crippen molar-refractivity contribution in [2.75, 3.05) is 12.4 Å².